The molecule has 2 aromatic heterocycles. The molecule has 2 heterocycles. The molecule has 0 atom stereocenters. The summed E-state index contributed by atoms with van der Waals surface area (Å²) in [5.74, 6) is 1.68. The van der Waals surface area contributed by atoms with Crippen molar-refractivity contribution in [3.05, 3.63) is 149 Å². The molecule has 5 aromatic carbocycles. The number of nitrogens with one attached hydrogen (secondary N) is 3. The van der Waals surface area contributed by atoms with Crippen LogP contribution in [0.5, 0.6) is 11.5 Å². The minimum absolute atomic E-state index is 0. The monoisotopic (exact) mass is 786 g/mol. The summed E-state index contributed by atoms with van der Waals surface area (Å²) in [6.45, 7) is 7.50. The first-order valence-electron chi connectivity index (χ1n) is 19.0. The van der Waals surface area contributed by atoms with Gasteiger partial charge in [-0.15, -0.1) is 0 Å². The Bertz CT molecular complexity index is 2450. The Morgan fingerprint density at radius 2 is 1.41 bits per heavy atom. The fraction of sp³-hybridized carbons (Fsp3) is 0.234. The van der Waals surface area contributed by atoms with Gasteiger partial charge in [-0.3, -0.25) is 4.79 Å². The number of amides is 1. The molecule has 0 aliphatic heterocycles. The van der Waals surface area contributed by atoms with Crippen molar-refractivity contribution in [1.29, 1.82) is 0 Å². The highest BCUT2D eigenvalue weighted by Gasteiger charge is 2.18. The first-order chi connectivity index (χ1) is 26.9. The third kappa shape index (κ3) is 9.19. The first kappa shape index (κ1) is 40.3. The number of carbonyl (C=O) groups is 1. The minimum Gasteiger partial charge on any atom is -1.00 e. The lowest BCUT2D eigenvalue weighted by atomic mass is 9.95. The van der Waals surface area contributed by atoms with Crippen molar-refractivity contribution in [3.63, 3.8) is 0 Å². The van der Waals surface area contributed by atoms with Crippen LogP contribution in [0.1, 0.15) is 47.1 Å². The molecule has 0 unspecified atom stereocenters. The van der Waals surface area contributed by atoms with Gasteiger partial charge in [0.05, 0.1) is 17.7 Å². The van der Waals surface area contributed by atoms with E-state index in [0.717, 1.165) is 87.9 Å². The second-order valence-electron chi connectivity index (χ2n) is 13.9. The lowest BCUT2D eigenvalue weighted by Gasteiger charge is -2.14. The van der Waals surface area contributed by atoms with Gasteiger partial charge in [0.25, 0.3) is 5.91 Å². The summed E-state index contributed by atoms with van der Waals surface area (Å²) >= 11 is 6.97. The van der Waals surface area contributed by atoms with Crippen LogP contribution in [0, 0.1) is 13.8 Å². The third-order valence-electron chi connectivity index (χ3n) is 10.3. The Balaban J connectivity index is 0.00000532. The molecule has 7 nitrogen and oxygen atoms in total. The van der Waals surface area contributed by atoms with E-state index in [1.807, 2.05) is 77.5 Å². The second kappa shape index (κ2) is 19.0. The zero-order valence-corrected chi connectivity index (χ0v) is 33.6. The van der Waals surface area contributed by atoms with Crippen LogP contribution in [0.15, 0.2) is 122 Å². The van der Waals surface area contributed by atoms with E-state index in [9.17, 15) is 4.79 Å². The topological polar surface area (TPSA) is 79.3 Å². The van der Waals surface area contributed by atoms with E-state index < -0.39 is 0 Å². The molecule has 0 bridgehead atoms. The molecule has 7 aromatic rings. The number of carbonyl (C=O) groups excluding carboxylic acids is 1. The van der Waals surface area contributed by atoms with Crippen molar-refractivity contribution in [2.45, 2.75) is 39.7 Å². The Morgan fingerprint density at radius 3 is 2.14 bits per heavy atom. The van der Waals surface area contributed by atoms with E-state index in [0.29, 0.717) is 18.2 Å². The lowest BCUT2D eigenvalue weighted by Crippen LogP contribution is -3.00. The number of hydrogen-bond acceptors (Lipinski definition) is 4. The minimum atomic E-state index is 0. The number of H-pyrrole nitrogens is 1. The molecule has 1 amide bonds. The van der Waals surface area contributed by atoms with Crippen LogP contribution >= 0.6 is 11.6 Å². The van der Waals surface area contributed by atoms with Gasteiger partial charge < -0.3 is 37.5 Å². The lowest BCUT2D eigenvalue weighted by molar-refractivity contribution is -0.683. The predicted molar refractivity (Wildman–Crippen MR) is 226 cm³/mol. The number of aromatic amines is 1. The summed E-state index contributed by atoms with van der Waals surface area (Å²) in [5, 5.41) is 12.0. The average Bonchev–Trinajstić information content (AvgIpc) is 3.61. The fourth-order valence-corrected chi connectivity index (χ4v) is 7.68. The van der Waals surface area contributed by atoms with Gasteiger partial charge in [-0.2, -0.15) is 4.57 Å². The van der Waals surface area contributed by atoms with E-state index in [-0.39, 0.29) is 24.9 Å². The summed E-state index contributed by atoms with van der Waals surface area (Å²) in [4.78, 5) is 16.5. The highest BCUT2D eigenvalue weighted by Crippen LogP contribution is 2.38. The summed E-state index contributed by atoms with van der Waals surface area (Å²) < 4.78 is 13.5. The summed E-state index contributed by atoms with van der Waals surface area (Å²) in [6.07, 6.45) is 7.10. The molecule has 0 spiro atoms. The number of aryl methyl sites for hydroxylation is 2. The zero-order valence-electron chi connectivity index (χ0n) is 32.1. The van der Waals surface area contributed by atoms with E-state index in [1.165, 1.54) is 21.9 Å². The van der Waals surface area contributed by atoms with Gasteiger partial charge in [0.1, 0.15) is 18.1 Å². The largest absolute Gasteiger partial charge is 1.00 e. The van der Waals surface area contributed by atoms with Gasteiger partial charge in [0.15, 0.2) is 12.4 Å². The molecule has 288 valence electrons. The Labute approximate surface area is 340 Å². The van der Waals surface area contributed by atoms with Gasteiger partial charge in [0.2, 0.25) is 6.54 Å². The molecular formula is C47H48Cl2N4O3. The van der Waals surface area contributed by atoms with Crippen LogP contribution in [0.4, 0.5) is 0 Å². The molecular weight excluding hydrogens is 739 g/mol. The summed E-state index contributed by atoms with van der Waals surface area (Å²) in [5.41, 5.74) is 8.70. The number of methoxy groups -OCH3 is 1. The maximum Gasteiger partial charge on any atom is 0.285 e. The van der Waals surface area contributed by atoms with Crippen molar-refractivity contribution < 1.29 is 31.2 Å². The van der Waals surface area contributed by atoms with Crippen LogP contribution in [-0.2, 0) is 11.3 Å². The molecule has 56 heavy (non-hydrogen) atoms. The maximum atomic E-state index is 12.9. The Hall–Kier alpha value is -5.34. The number of fused-ring (bicyclic) bond motifs is 4. The third-order valence-corrected chi connectivity index (χ3v) is 10.7. The van der Waals surface area contributed by atoms with Crippen LogP contribution in [-0.4, -0.2) is 44.2 Å². The standard InChI is InChI=1S/C47H47ClN4O3.ClH/c1-32-41-30-52(27-23-39(41)33(2)47-44(32)40-29-38(54-3)21-22-42(40)51-47)31-43(53)50-25-12-6-11-24-49-26-28-55-37-19-17-35(18-20-37)45(34-13-7-4-8-14-34)46(48)36-15-9-5-10-16-36;/h4-5,7-10,13-23,27,29-30,49H,6,11-12,24-26,28,31H2,1-3H3,(H,50,53);1H/b46-45+;. The number of ether oxygens (including phenoxy) is 2. The van der Waals surface area contributed by atoms with Gasteiger partial charge in [-0.25, -0.2) is 0 Å². The van der Waals surface area contributed by atoms with Gasteiger partial charge in [-0.05, 0) is 96.8 Å². The van der Waals surface area contributed by atoms with Crippen LogP contribution in [0.3, 0.4) is 0 Å². The molecule has 0 fully saturated rings. The van der Waals surface area contributed by atoms with Crippen molar-refractivity contribution in [3.8, 4) is 11.5 Å². The first-order valence-corrected chi connectivity index (χ1v) is 19.4. The number of pyridine rings is 1. The molecule has 0 radical (unpaired) electrons. The molecule has 9 heteroatoms. The number of benzene rings is 5. The van der Waals surface area contributed by atoms with E-state index in [2.05, 4.69) is 78.1 Å². The van der Waals surface area contributed by atoms with Crippen LogP contribution in [0.25, 0.3) is 43.2 Å². The van der Waals surface area contributed by atoms with Gasteiger partial charge in [0, 0.05) is 46.4 Å². The molecule has 0 aliphatic rings. The van der Waals surface area contributed by atoms with Crippen molar-refractivity contribution in [2.75, 3.05) is 33.4 Å². The van der Waals surface area contributed by atoms with Gasteiger partial charge >= 0.3 is 0 Å². The highest BCUT2D eigenvalue weighted by atomic mass is 35.5. The average molecular weight is 788 g/mol. The molecule has 7 rings (SSSR count). The molecule has 3 N–H and O–H groups in total. The highest BCUT2D eigenvalue weighted by molar-refractivity contribution is 6.53. The number of halogens is 2. The van der Waals surface area contributed by atoms with E-state index in [4.69, 9.17) is 21.1 Å². The number of unbranched alkanes of at least 4 members (excludes halogenated alkanes) is 2. The SMILES string of the molecule is COc1ccc2[nH]c3c(C)c4cc[n+](CC(=O)NCCCCCNCCOc5ccc(/C(=C(/Cl)c6ccccc6)c6ccccc6)cc5)cc4c(C)c3c2c1.[Cl-]. The van der Waals surface area contributed by atoms with E-state index >= 15 is 0 Å². The fourth-order valence-electron chi connectivity index (χ4n) is 7.34. The number of hydrogen-bond donors (Lipinski definition) is 3. The van der Waals surface area contributed by atoms with Crippen LogP contribution in [0.2, 0.25) is 0 Å². The number of nitrogens with zero attached hydrogens (tertiary/aromatic N) is 1. The van der Waals surface area contributed by atoms with Crippen LogP contribution < -0.4 is 37.1 Å². The van der Waals surface area contributed by atoms with Crippen molar-refractivity contribution in [1.82, 2.24) is 15.6 Å². The molecule has 0 saturated heterocycles. The Kier molecular flexibility index (Phi) is 13.7. The number of rotatable bonds is 16. The van der Waals surface area contributed by atoms with E-state index in [1.54, 1.807) is 7.11 Å². The Morgan fingerprint density at radius 1 is 0.732 bits per heavy atom. The van der Waals surface area contributed by atoms with Gasteiger partial charge in [-0.1, -0.05) is 90.8 Å². The quantitative estimate of drug-likeness (QED) is 0.0594. The zero-order chi connectivity index (χ0) is 38.1. The smallest absolute Gasteiger partial charge is 0.285 e. The predicted octanol–water partition coefficient (Wildman–Crippen LogP) is 6.50. The number of aromatic nitrogens is 2. The summed E-state index contributed by atoms with van der Waals surface area (Å²) in [7, 11) is 1.69. The normalized spacial score (nSPS) is 11.7. The molecule has 0 aliphatic carbocycles. The molecule has 0 saturated carbocycles. The second-order valence-corrected chi connectivity index (χ2v) is 14.3. The van der Waals surface area contributed by atoms with Crippen molar-refractivity contribution >= 4 is 60.7 Å². The summed E-state index contributed by atoms with van der Waals surface area (Å²) in [6, 6.07) is 36.7. The maximum absolute atomic E-state index is 12.9. The van der Waals surface area contributed by atoms with Crippen molar-refractivity contribution in [2.24, 2.45) is 0 Å².